The zero-order chi connectivity index (χ0) is 41.8. The average Bonchev–Trinajstić information content (AvgIpc) is 3.20. The molecule has 0 spiro atoms. The van der Waals surface area contributed by atoms with Gasteiger partial charge in [0.1, 0.15) is 18.1 Å². The number of carbonyl (C=O) groups excluding carboxylic acids is 6. The summed E-state index contributed by atoms with van der Waals surface area (Å²) in [5, 5.41) is 2.78. The summed E-state index contributed by atoms with van der Waals surface area (Å²) >= 11 is 0. The van der Waals surface area contributed by atoms with E-state index in [9.17, 15) is 28.8 Å². The van der Waals surface area contributed by atoms with Crippen molar-refractivity contribution in [3.05, 3.63) is 108 Å². The van der Waals surface area contributed by atoms with Gasteiger partial charge >= 0.3 is 17.9 Å². The minimum absolute atomic E-state index is 0.00878. The summed E-state index contributed by atoms with van der Waals surface area (Å²) < 4.78 is 18.0. The summed E-state index contributed by atoms with van der Waals surface area (Å²) in [6.45, 7) is 10.4. The number of benzene rings is 3. The Labute approximate surface area is 336 Å². The molecule has 1 heterocycles. The van der Waals surface area contributed by atoms with E-state index < -0.39 is 89.8 Å². The summed E-state index contributed by atoms with van der Waals surface area (Å²) in [7, 11) is 2.87. The molecule has 1 saturated heterocycles. The Kier molecular flexibility index (Phi) is 16.0. The van der Waals surface area contributed by atoms with Crippen LogP contribution in [0.1, 0.15) is 64.7 Å². The molecule has 0 aliphatic carbocycles. The van der Waals surface area contributed by atoms with Gasteiger partial charge in [0.05, 0.1) is 0 Å². The van der Waals surface area contributed by atoms with Gasteiger partial charge in [-0.2, -0.15) is 0 Å². The Hall–Kier alpha value is -5.52. The molecule has 1 N–H and O–H groups in total. The Bertz CT molecular complexity index is 1820. The lowest BCUT2D eigenvalue weighted by Gasteiger charge is -2.35. The molecule has 3 amide bonds. The van der Waals surface area contributed by atoms with E-state index in [4.69, 9.17) is 14.2 Å². The highest BCUT2D eigenvalue weighted by Gasteiger charge is 2.43. The monoisotopic (exact) mass is 783 g/mol. The van der Waals surface area contributed by atoms with Crippen LogP contribution in [0.5, 0.6) is 0 Å². The summed E-state index contributed by atoms with van der Waals surface area (Å²) in [5.74, 6) is -6.24. The van der Waals surface area contributed by atoms with Crippen molar-refractivity contribution in [3.8, 4) is 0 Å². The second kappa shape index (κ2) is 20.6. The first-order chi connectivity index (χ1) is 27.1. The van der Waals surface area contributed by atoms with E-state index in [1.54, 1.807) is 107 Å². The molecule has 0 radical (unpaired) electrons. The number of carbonyl (C=O) groups is 6. The second-order valence-electron chi connectivity index (χ2n) is 15.5. The predicted octanol–water partition coefficient (Wildman–Crippen LogP) is 4.96. The number of amides is 3. The van der Waals surface area contributed by atoms with E-state index in [1.165, 1.54) is 23.9 Å². The third-order valence-corrected chi connectivity index (χ3v) is 10.4. The van der Waals surface area contributed by atoms with Gasteiger partial charge < -0.3 is 29.3 Å². The quantitative estimate of drug-likeness (QED) is 0.223. The minimum atomic E-state index is -1.36. The Morgan fingerprint density at radius 1 is 0.526 bits per heavy atom. The maximum absolute atomic E-state index is 14.4. The fourth-order valence-electron chi connectivity index (χ4n) is 6.64. The molecule has 306 valence electrons. The van der Waals surface area contributed by atoms with Crippen LogP contribution in [0.25, 0.3) is 0 Å². The molecule has 3 aromatic carbocycles. The van der Waals surface area contributed by atoms with Crippen LogP contribution in [0.2, 0.25) is 0 Å². The fraction of sp³-hybridized carbons (Fsp3) is 0.467. The number of rotatable bonds is 10. The lowest BCUT2D eigenvalue weighted by Crippen LogP contribution is -2.56. The highest BCUT2D eigenvalue weighted by Crippen LogP contribution is 2.23. The molecular formula is C45H57N3O9. The Morgan fingerprint density at radius 3 is 1.25 bits per heavy atom. The van der Waals surface area contributed by atoms with E-state index in [0.717, 1.165) is 11.1 Å². The molecule has 7 atom stereocenters. The van der Waals surface area contributed by atoms with Gasteiger partial charge in [-0.15, -0.1) is 0 Å². The van der Waals surface area contributed by atoms with Crippen LogP contribution in [0.4, 0.5) is 0 Å². The molecule has 1 aliphatic heterocycles. The first-order valence-electron chi connectivity index (χ1n) is 19.7. The van der Waals surface area contributed by atoms with Crippen molar-refractivity contribution in [3.63, 3.8) is 0 Å². The lowest BCUT2D eigenvalue weighted by atomic mass is 9.98. The number of likely N-dealkylation sites (N-methyl/N-ethyl adjacent to an activating group) is 2. The summed E-state index contributed by atoms with van der Waals surface area (Å²) in [6.07, 6.45) is -3.58. The predicted molar refractivity (Wildman–Crippen MR) is 214 cm³/mol. The molecule has 57 heavy (non-hydrogen) atoms. The van der Waals surface area contributed by atoms with Crippen molar-refractivity contribution in [2.24, 2.45) is 17.8 Å². The Morgan fingerprint density at radius 2 is 0.877 bits per heavy atom. The van der Waals surface area contributed by atoms with Crippen LogP contribution in [0, 0.1) is 17.8 Å². The smallest absolute Gasteiger partial charge is 0.329 e. The molecule has 0 bridgehead atoms. The second-order valence-corrected chi connectivity index (χ2v) is 15.5. The molecule has 4 rings (SSSR count). The number of esters is 3. The van der Waals surface area contributed by atoms with Gasteiger partial charge in [-0.25, -0.2) is 14.4 Å². The van der Waals surface area contributed by atoms with Crippen LogP contribution < -0.4 is 5.32 Å². The molecule has 12 nitrogen and oxygen atoms in total. The number of cyclic esters (lactones) is 3. The zero-order valence-electron chi connectivity index (χ0n) is 34.3. The van der Waals surface area contributed by atoms with Crippen molar-refractivity contribution in [1.29, 1.82) is 0 Å². The highest BCUT2D eigenvalue weighted by atomic mass is 16.6. The van der Waals surface area contributed by atoms with Crippen LogP contribution in [0.3, 0.4) is 0 Å². The number of nitrogens with one attached hydrogen (secondary N) is 1. The van der Waals surface area contributed by atoms with Crippen molar-refractivity contribution >= 4 is 35.6 Å². The minimum Gasteiger partial charge on any atom is -0.450 e. The van der Waals surface area contributed by atoms with Gasteiger partial charge in [0.2, 0.25) is 0 Å². The number of hydrogen-bond acceptors (Lipinski definition) is 9. The van der Waals surface area contributed by atoms with Gasteiger partial charge in [-0.3, -0.25) is 14.4 Å². The van der Waals surface area contributed by atoms with Crippen molar-refractivity contribution < 1.29 is 43.0 Å². The number of nitrogens with zero attached hydrogens (tertiary/aromatic N) is 2. The maximum atomic E-state index is 14.4. The van der Waals surface area contributed by atoms with Gasteiger partial charge in [0.15, 0.2) is 18.3 Å². The van der Waals surface area contributed by atoms with Crippen LogP contribution in [-0.2, 0) is 62.2 Å². The molecule has 1 unspecified atom stereocenters. The SMILES string of the molecule is CCC(C)[C@H]1OC(=O)[C@H](Cc2ccccc2)N(C)C(=O)[C@@H](C(C)C)OC(=O)[C@H](Cc2ccccc2)N(C)C(=O)[C@@H](C(C)C)OC(=O)[C@H](Cc2ccccc2)NC1=O. The van der Waals surface area contributed by atoms with Gasteiger partial charge in [0, 0.05) is 39.3 Å². The van der Waals surface area contributed by atoms with Crippen molar-refractivity contribution in [2.45, 2.75) is 104 Å². The molecule has 0 saturated carbocycles. The van der Waals surface area contributed by atoms with Gasteiger partial charge in [-0.1, -0.05) is 133 Å². The fourth-order valence-corrected chi connectivity index (χ4v) is 6.64. The molecule has 1 fully saturated rings. The lowest BCUT2D eigenvalue weighted by molar-refractivity contribution is -0.176. The molecule has 1 aliphatic rings. The first-order valence-corrected chi connectivity index (χ1v) is 19.7. The maximum Gasteiger partial charge on any atom is 0.329 e. The van der Waals surface area contributed by atoms with Gasteiger partial charge in [-0.05, 0) is 34.9 Å². The standard InChI is InChI=1S/C45H57N3O9/c1-9-30(6)39-40(49)46-34(25-31-19-13-10-14-20-31)43(52)55-37(28(2)3)41(50)47(7)35(26-32-21-15-11-16-22-32)44(53)56-38(29(4)5)42(51)48(8)36(45(54)57-39)27-33-23-17-12-18-24-33/h10-24,28-30,34-39H,9,25-27H2,1-8H3,(H,46,49)/t30?,34-,35-,36-,37+,38+,39+/m0/s1. The average molecular weight is 784 g/mol. The third kappa shape index (κ3) is 11.8. The topological polar surface area (TPSA) is 149 Å². The summed E-state index contributed by atoms with van der Waals surface area (Å²) in [6, 6.07) is 23.3. The largest absolute Gasteiger partial charge is 0.450 e. The summed E-state index contributed by atoms with van der Waals surface area (Å²) in [5.41, 5.74) is 2.14. The highest BCUT2D eigenvalue weighted by molar-refractivity contribution is 5.94. The molecule has 3 aromatic rings. The third-order valence-electron chi connectivity index (χ3n) is 10.4. The van der Waals surface area contributed by atoms with E-state index >= 15 is 0 Å². The van der Waals surface area contributed by atoms with Crippen LogP contribution in [0.15, 0.2) is 91.0 Å². The van der Waals surface area contributed by atoms with Crippen molar-refractivity contribution in [2.75, 3.05) is 14.1 Å². The van der Waals surface area contributed by atoms with Crippen molar-refractivity contribution in [1.82, 2.24) is 15.1 Å². The molecular weight excluding hydrogens is 727 g/mol. The van der Waals surface area contributed by atoms with E-state index in [0.29, 0.717) is 12.0 Å². The summed E-state index contributed by atoms with van der Waals surface area (Å²) in [4.78, 5) is 88.3. The zero-order valence-corrected chi connectivity index (χ0v) is 34.3. The molecule has 0 aromatic heterocycles. The van der Waals surface area contributed by atoms with Crippen LogP contribution in [-0.4, -0.2) is 96.0 Å². The number of hydrogen-bond donors (Lipinski definition) is 1. The van der Waals surface area contributed by atoms with Crippen LogP contribution >= 0.6 is 0 Å². The first kappa shape index (κ1) is 44.2. The van der Waals surface area contributed by atoms with Gasteiger partial charge in [0.25, 0.3) is 17.7 Å². The number of ether oxygens (including phenoxy) is 3. The van der Waals surface area contributed by atoms with E-state index in [-0.39, 0.29) is 19.3 Å². The molecule has 12 heteroatoms. The van der Waals surface area contributed by atoms with E-state index in [1.807, 2.05) is 25.1 Å². The van der Waals surface area contributed by atoms with E-state index in [2.05, 4.69) is 5.32 Å². The normalized spacial score (nSPS) is 24.0. The Balaban J connectivity index is 1.87.